The summed E-state index contributed by atoms with van der Waals surface area (Å²) in [5.41, 5.74) is 6.61. The lowest BCUT2D eigenvalue weighted by molar-refractivity contribution is -0.119. The van der Waals surface area contributed by atoms with E-state index in [9.17, 15) is 4.79 Å². The molecule has 1 atom stereocenters. The van der Waals surface area contributed by atoms with Gasteiger partial charge in [0.25, 0.3) is 0 Å². The highest BCUT2D eigenvalue weighted by Crippen LogP contribution is 2.16. The third kappa shape index (κ3) is 4.19. The van der Waals surface area contributed by atoms with Crippen LogP contribution in [0.25, 0.3) is 0 Å². The molecule has 0 aliphatic carbocycles. The zero-order valence-corrected chi connectivity index (χ0v) is 10.7. The van der Waals surface area contributed by atoms with Crippen LogP contribution < -0.4 is 10.6 Å². The van der Waals surface area contributed by atoms with E-state index in [2.05, 4.69) is 6.92 Å². The van der Waals surface area contributed by atoms with Gasteiger partial charge in [0.2, 0.25) is 5.91 Å². The highest BCUT2D eigenvalue weighted by atomic mass is 16.2. The number of nitrogens with two attached hydrogens (primary N) is 1. The molecule has 0 radical (unpaired) electrons. The Bertz CT molecular complexity index is 337. The van der Waals surface area contributed by atoms with Gasteiger partial charge in [-0.2, -0.15) is 0 Å². The molecule has 17 heavy (non-hydrogen) atoms. The molecule has 0 saturated carbocycles. The molecular weight excluding hydrogens is 212 g/mol. The first-order valence-electron chi connectivity index (χ1n) is 6.20. The Balaban J connectivity index is 2.58. The molecule has 0 heterocycles. The van der Waals surface area contributed by atoms with Crippen molar-refractivity contribution in [1.82, 2.24) is 0 Å². The maximum atomic E-state index is 12.1. The first kappa shape index (κ1) is 13.7. The molecule has 94 valence electrons. The first-order valence-corrected chi connectivity index (χ1v) is 6.20. The quantitative estimate of drug-likeness (QED) is 0.821. The molecule has 0 bridgehead atoms. The number of benzene rings is 1. The van der Waals surface area contributed by atoms with Crippen LogP contribution in [0.2, 0.25) is 0 Å². The molecular formula is C14H22N2O. The van der Waals surface area contributed by atoms with Gasteiger partial charge >= 0.3 is 0 Å². The molecule has 1 unspecified atom stereocenters. The van der Waals surface area contributed by atoms with E-state index in [-0.39, 0.29) is 5.91 Å². The third-order valence-corrected chi connectivity index (χ3v) is 3.01. The molecule has 1 rings (SSSR count). The molecule has 0 aliphatic heterocycles. The summed E-state index contributed by atoms with van der Waals surface area (Å²) in [6, 6.07) is 9.70. The Morgan fingerprint density at radius 3 is 2.53 bits per heavy atom. The van der Waals surface area contributed by atoms with Crippen molar-refractivity contribution in [2.75, 3.05) is 18.5 Å². The monoisotopic (exact) mass is 234 g/mol. The minimum absolute atomic E-state index is 0.139. The second-order valence-corrected chi connectivity index (χ2v) is 4.38. The van der Waals surface area contributed by atoms with Gasteiger partial charge in [0.1, 0.15) is 0 Å². The molecule has 0 fully saturated rings. The van der Waals surface area contributed by atoms with Crippen molar-refractivity contribution in [2.24, 2.45) is 11.7 Å². The van der Waals surface area contributed by atoms with Crippen molar-refractivity contribution in [2.45, 2.75) is 26.2 Å². The molecule has 0 spiro atoms. The number of carbonyl (C=O) groups is 1. The highest BCUT2D eigenvalue weighted by Gasteiger charge is 2.16. The number of nitrogens with zero attached hydrogens (tertiary/aromatic N) is 1. The van der Waals surface area contributed by atoms with E-state index in [0.29, 0.717) is 18.9 Å². The molecule has 0 aliphatic rings. The van der Waals surface area contributed by atoms with Crippen LogP contribution in [0.3, 0.4) is 0 Å². The van der Waals surface area contributed by atoms with Gasteiger partial charge in [-0.25, -0.2) is 0 Å². The molecule has 3 heteroatoms. The Morgan fingerprint density at radius 2 is 2.00 bits per heavy atom. The van der Waals surface area contributed by atoms with Crippen molar-refractivity contribution < 1.29 is 4.79 Å². The Morgan fingerprint density at radius 1 is 1.35 bits per heavy atom. The summed E-state index contributed by atoms with van der Waals surface area (Å²) in [6.07, 6.45) is 2.63. The van der Waals surface area contributed by atoms with Gasteiger partial charge in [0.05, 0.1) is 0 Å². The first-order chi connectivity index (χ1) is 8.19. The van der Waals surface area contributed by atoms with Crippen LogP contribution in [0.1, 0.15) is 26.2 Å². The summed E-state index contributed by atoms with van der Waals surface area (Å²) in [7, 11) is 1.82. The predicted molar refractivity (Wildman–Crippen MR) is 71.9 cm³/mol. The summed E-state index contributed by atoms with van der Waals surface area (Å²) in [5.74, 6) is 0.443. The zero-order chi connectivity index (χ0) is 12.7. The van der Waals surface area contributed by atoms with Crippen LogP contribution in [0.15, 0.2) is 30.3 Å². The van der Waals surface area contributed by atoms with E-state index in [0.717, 1.165) is 18.5 Å². The summed E-state index contributed by atoms with van der Waals surface area (Å²) in [6.45, 7) is 2.70. The maximum absolute atomic E-state index is 12.1. The van der Waals surface area contributed by atoms with E-state index >= 15 is 0 Å². The lowest BCUT2D eigenvalue weighted by Gasteiger charge is -2.20. The zero-order valence-electron chi connectivity index (χ0n) is 10.7. The van der Waals surface area contributed by atoms with Gasteiger partial charge in [-0.05, 0) is 31.0 Å². The standard InChI is InChI=1S/C14H22N2O/c1-3-7-12(11-15)10-14(17)16(2)13-8-5-4-6-9-13/h4-6,8-9,12H,3,7,10-11,15H2,1-2H3. The molecule has 0 aromatic heterocycles. The van der Waals surface area contributed by atoms with E-state index in [1.54, 1.807) is 4.90 Å². The van der Waals surface area contributed by atoms with E-state index in [1.807, 2.05) is 37.4 Å². The minimum atomic E-state index is 0.139. The molecule has 2 N–H and O–H groups in total. The van der Waals surface area contributed by atoms with Crippen LogP contribution >= 0.6 is 0 Å². The Labute approximate surface area is 104 Å². The van der Waals surface area contributed by atoms with Crippen molar-refractivity contribution in [1.29, 1.82) is 0 Å². The average molecular weight is 234 g/mol. The summed E-state index contributed by atoms with van der Waals surface area (Å²) in [5, 5.41) is 0. The topological polar surface area (TPSA) is 46.3 Å². The highest BCUT2D eigenvalue weighted by molar-refractivity contribution is 5.92. The Hall–Kier alpha value is -1.35. The molecule has 3 nitrogen and oxygen atoms in total. The van der Waals surface area contributed by atoms with Gasteiger partial charge in [0, 0.05) is 19.2 Å². The van der Waals surface area contributed by atoms with Crippen LogP contribution in [0.4, 0.5) is 5.69 Å². The second kappa shape index (κ2) is 7.07. The largest absolute Gasteiger partial charge is 0.330 e. The van der Waals surface area contributed by atoms with Gasteiger partial charge in [-0.3, -0.25) is 4.79 Å². The number of amides is 1. The number of rotatable bonds is 6. The summed E-state index contributed by atoms with van der Waals surface area (Å²) >= 11 is 0. The SMILES string of the molecule is CCCC(CN)CC(=O)N(C)c1ccccc1. The van der Waals surface area contributed by atoms with E-state index in [4.69, 9.17) is 5.73 Å². The summed E-state index contributed by atoms with van der Waals surface area (Å²) in [4.78, 5) is 13.8. The van der Waals surface area contributed by atoms with Gasteiger partial charge < -0.3 is 10.6 Å². The molecule has 1 aromatic carbocycles. The maximum Gasteiger partial charge on any atom is 0.227 e. The fourth-order valence-corrected chi connectivity index (χ4v) is 1.89. The van der Waals surface area contributed by atoms with Crippen molar-refractivity contribution >= 4 is 11.6 Å². The lowest BCUT2D eigenvalue weighted by atomic mass is 9.99. The van der Waals surface area contributed by atoms with Crippen molar-refractivity contribution in [3.8, 4) is 0 Å². The smallest absolute Gasteiger partial charge is 0.227 e. The van der Waals surface area contributed by atoms with Crippen molar-refractivity contribution in [3.05, 3.63) is 30.3 Å². The average Bonchev–Trinajstić information content (AvgIpc) is 2.38. The molecule has 1 aromatic rings. The van der Waals surface area contributed by atoms with Crippen LogP contribution in [-0.2, 0) is 4.79 Å². The molecule has 0 saturated heterocycles. The number of carbonyl (C=O) groups excluding carboxylic acids is 1. The lowest BCUT2D eigenvalue weighted by Crippen LogP contribution is -2.30. The third-order valence-electron chi connectivity index (χ3n) is 3.01. The van der Waals surface area contributed by atoms with Gasteiger partial charge in [-0.1, -0.05) is 31.5 Å². The number of anilines is 1. The van der Waals surface area contributed by atoms with Crippen LogP contribution in [0, 0.1) is 5.92 Å². The second-order valence-electron chi connectivity index (χ2n) is 4.38. The van der Waals surface area contributed by atoms with Gasteiger partial charge in [0.15, 0.2) is 0 Å². The Kier molecular flexibility index (Phi) is 5.70. The number of hydrogen-bond acceptors (Lipinski definition) is 2. The van der Waals surface area contributed by atoms with E-state index < -0.39 is 0 Å². The van der Waals surface area contributed by atoms with Crippen LogP contribution in [-0.4, -0.2) is 19.5 Å². The summed E-state index contributed by atoms with van der Waals surface area (Å²) < 4.78 is 0. The fraction of sp³-hybridized carbons (Fsp3) is 0.500. The van der Waals surface area contributed by atoms with Crippen LogP contribution in [0.5, 0.6) is 0 Å². The molecule has 1 amide bonds. The van der Waals surface area contributed by atoms with Gasteiger partial charge in [-0.15, -0.1) is 0 Å². The normalized spacial score (nSPS) is 12.2. The van der Waals surface area contributed by atoms with E-state index in [1.165, 1.54) is 0 Å². The minimum Gasteiger partial charge on any atom is -0.330 e. The van der Waals surface area contributed by atoms with Crippen molar-refractivity contribution in [3.63, 3.8) is 0 Å². The predicted octanol–water partition coefficient (Wildman–Crippen LogP) is 2.41. The fourth-order valence-electron chi connectivity index (χ4n) is 1.89. The number of hydrogen-bond donors (Lipinski definition) is 1. The number of para-hydroxylation sites is 1.